The van der Waals surface area contributed by atoms with E-state index in [4.69, 9.17) is 4.74 Å². The van der Waals surface area contributed by atoms with Crippen LogP contribution in [0, 0.1) is 10.1 Å². The number of aromatic nitrogens is 1. The molecule has 6 nitrogen and oxygen atoms in total. The van der Waals surface area contributed by atoms with Crippen molar-refractivity contribution in [2.45, 2.75) is 13.1 Å². The van der Waals surface area contributed by atoms with E-state index in [1.807, 2.05) is 0 Å². The predicted octanol–water partition coefficient (Wildman–Crippen LogP) is 2.35. The molecule has 0 fully saturated rings. The van der Waals surface area contributed by atoms with E-state index >= 15 is 0 Å². The van der Waals surface area contributed by atoms with Gasteiger partial charge in [-0.3, -0.25) is 15.1 Å². The van der Waals surface area contributed by atoms with Gasteiger partial charge in [-0.05, 0) is 11.6 Å². The smallest absolute Gasteiger partial charge is 0.273 e. The van der Waals surface area contributed by atoms with Crippen LogP contribution in [-0.4, -0.2) is 17.0 Å². The first-order valence-electron chi connectivity index (χ1n) is 5.59. The number of rotatable bonds is 6. The molecule has 0 saturated carbocycles. The maximum atomic E-state index is 10.8. The van der Waals surface area contributed by atoms with E-state index in [9.17, 15) is 10.1 Å². The molecule has 0 unspecified atom stereocenters. The largest absolute Gasteiger partial charge is 0.496 e. The Labute approximate surface area is 114 Å². The molecule has 0 amide bonds. The lowest BCUT2D eigenvalue weighted by molar-refractivity contribution is -0.385. The van der Waals surface area contributed by atoms with Gasteiger partial charge in [-0.25, -0.2) is 0 Å². The number of ether oxygens (including phenoxy) is 1. The predicted molar refractivity (Wildman–Crippen MR) is 72.3 cm³/mol. The van der Waals surface area contributed by atoms with Gasteiger partial charge in [-0.1, -0.05) is 0 Å². The summed E-state index contributed by atoms with van der Waals surface area (Å²) in [6.45, 7) is 1.23. The molecule has 0 spiro atoms. The van der Waals surface area contributed by atoms with Crippen molar-refractivity contribution in [3.8, 4) is 5.75 Å². The quantitative estimate of drug-likeness (QED) is 0.648. The van der Waals surface area contributed by atoms with Gasteiger partial charge >= 0.3 is 0 Å². The summed E-state index contributed by atoms with van der Waals surface area (Å²) in [5.74, 6) is 0.490. The molecule has 1 aromatic heterocycles. The standard InChI is InChI=1S/C12H13N3O3S/c1-18-11-3-9(2-10(4-11)15(16)17)5-13-6-12-7-14-8-19-12/h2-4,7-8,13H,5-6H2,1H3. The highest BCUT2D eigenvalue weighted by molar-refractivity contribution is 7.09. The van der Waals surface area contributed by atoms with Gasteiger partial charge in [0.25, 0.3) is 5.69 Å². The Balaban J connectivity index is 2.02. The van der Waals surface area contributed by atoms with Crippen LogP contribution in [-0.2, 0) is 13.1 Å². The molecule has 0 aliphatic heterocycles. The molecule has 1 heterocycles. The Bertz CT molecular complexity index is 557. The van der Waals surface area contributed by atoms with E-state index in [1.54, 1.807) is 35.2 Å². The normalized spacial score (nSPS) is 10.4. The molecule has 0 atom stereocenters. The van der Waals surface area contributed by atoms with Crippen molar-refractivity contribution < 1.29 is 9.66 Å². The van der Waals surface area contributed by atoms with E-state index in [0.29, 0.717) is 18.8 Å². The van der Waals surface area contributed by atoms with E-state index < -0.39 is 4.92 Å². The number of hydrogen-bond acceptors (Lipinski definition) is 6. The Morgan fingerprint density at radius 3 is 2.89 bits per heavy atom. The molecule has 1 aromatic carbocycles. The number of nitrogens with zero attached hydrogens (tertiary/aromatic N) is 2. The summed E-state index contributed by atoms with van der Waals surface area (Å²) >= 11 is 1.57. The molecular formula is C12H13N3O3S. The molecule has 0 bridgehead atoms. The minimum Gasteiger partial charge on any atom is -0.496 e. The minimum absolute atomic E-state index is 0.0361. The van der Waals surface area contributed by atoms with Gasteiger partial charge in [0.15, 0.2) is 0 Å². The van der Waals surface area contributed by atoms with Gasteiger partial charge in [0.1, 0.15) is 5.75 Å². The highest BCUT2D eigenvalue weighted by atomic mass is 32.1. The zero-order chi connectivity index (χ0) is 13.7. The monoisotopic (exact) mass is 279 g/mol. The topological polar surface area (TPSA) is 77.3 Å². The lowest BCUT2D eigenvalue weighted by Gasteiger charge is -2.06. The van der Waals surface area contributed by atoms with Crippen molar-refractivity contribution in [3.05, 3.63) is 50.5 Å². The van der Waals surface area contributed by atoms with Crippen molar-refractivity contribution in [3.63, 3.8) is 0 Å². The number of nitro benzene ring substituents is 1. The van der Waals surface area contributed by atoms with E-state index in [1.165, 1.54) is 13.2 Å². The molecule has 100 valence electrons. The average molecular weight is 279 g/mol. The second-order valence-electron chi connectivity index (χ2n) is 3.87. The Morgan fingerprint density at radius 1 is 1.42 bits per heavy atom. The Morgan fingerprint density at radius 2 is 2.26 bits per heavy atom. The van der Waals surface area contributed by atoms with Gasteiger partial charge in [-0.15, -0.1) is 11.3 Å². The van der Waals surface area contributed by atoms with E-state index in [0.717, 1.165) is 10.4 Å². The molecule has 2 aromatic rings. The summed E-state index contributed by atoms with van der Waals surface area (Å²) in [6.07, 6.45) is 1.80. The van der Waals surface area contributed by atoms with Crippen LogP contribution in [0.3, 0.4) is 0 Å². The van der Waals surface area contributed by atoms with Crippen LogP contribution in [0.5, 0.6) is 5.75 Å². The van der Waals surface area contributed by atoms with Crippen LogP contribution in [0.4, 0.5) is 5.69 Å². The molecule has 0 saturated heterocycles. The Kier molecular flexibility index (Phi) is 4.43. The van der Waals surface area contributed by atoms with Gasteiger partial charge in [-0.2, -0.15) is 0 Å². The first-order chi connectivity index (χ1) is 9.19. The first-order valence-corrected chi connectivity index (χ1v) is 6.47. The maximum absolute atomic E-state index is 10.8. The average Bonchev–Trinajstić information content (AvgIpc) is 2.91. The Hall–Kier alpha value is -1.99. The molecule has 19 heavy (non-hydrogen) atoms. The molecule has 2 rings (SSSR count). The van der Waals surface area contributed by atoms with Crippen molar-refractivity contribution in [1.82, 2.24) is 10.3 Å². The summed E-state index contributed by atoms with van der Waals surface area (Å²) in [7, 11) is 1.49. The van der Waals surface area contributed by atoms with Crippen LogP contribution in [0.25, 0.3) is 0 Å². The summed E-state index contributed by atoms with van der Waals surface area (Å²) in [5.41, 5.74) is 2.62. The third kappa shape index (κ3) is 3.73. The lowest BCUT2D eigenvalue weighted by atomic mass is 10.2. The fraction of sp³-hybridized carbons (Fsp3) is 0.250. The first kappa shape index (κ1) is 13.4. The number of non-ortho nitro benzene ring substituents is 1. The fourth-order valence-electron chi connectivity index (χ4n) is 1.63. The second kappa shape index (κ2) is 6.26. The van der Waals surface area contributed by atoms with Gasteiger partial charge < -0.3 is 10.1 Å². The lowest BCUT2D eigenvalue weighted by Crippen LogP contribution is -2.12. The summed E-state index contributed by atoms with van der Waals surface area (Å²) in [5, 5.41) is 14.0. The molecule has 1 N–H and O–H groups in total. The fourth-order valence-corrected chi connectivity index (χ4v) is 2.19. The summed E-state index contributed by atoms with van der Waals surface area (Å²) < 4.78 is 5.06. The molecule has 0 aliphatic rings. The van der Waals surface area contributed by atoms with E-state index in [2.05, 4.69) is 10.3 Å². The molecular weight excluding hydrogens is 266 g/mol. The number of nitro groups is 1. The zero-order valence-electron chi connectivity index (χ0n) is 10.3. The highest BCUT2D eigenvalue weighted by Crippen LogP contribution is 2.22. The van der Waals surface area contributed by atoms with Crippen LogP contribution in [0.15, 0.2) is 29.9 Å². The number of thiazole rings is 1. The van der Waals surface area contributed by atoms with Gasteiger partial charge in [0.05, 0.1) is 23.6 Å². The van der Waals surface area contributed by atoms with Gasteiger partial charge in [0, 0.05) is 30.2 Å². The van der Waals surface area contributed by atoms with Crippen molar-refractivity contribution >= 4 is 17.0 Å². The van der Waals surface area contributed by atoms with Crippen molar-refractivity contribution in [2.75, 3.05) is 7.11 Å². The SMILES string of the molecule is COc1cc(CNCc2cncs2)cc([N+](=O)[O-])c1. The molecule has 0 radical (unpaired) electrons. The number of benzene rings is 1. The third-order valence-electron chi connectivity index (χ3n) is 2.51. The molecule has 7 heteroatoms. The van der Waals surface area contributed by atoms with E-state index in [-0.39, 0.29) is 5.69 Å². The maximum Gasteiger partial charge on any atom is 0.273 e. The van der Waals surface area contributed by atoms with Crippen LogP contribution in [0.2, 0.25) is 0 Å². The summed E-state index contributed by atoms with van der Waals surface area (Å²) in [4.78, 5) is 15.5. The molecule has 0 aliphatic carbocycles. The van der Waals surface area contributed by atoms with Crippen LogP contribution < -0.4 is 10.1 Å². The highest BCUT2D eigenvalue weighted by Gasteiger charge is 2.10. The summed E-state index contributed by atoms with van der Waals surface area (Å²) in [6, 6.07) is 4.74. The van der Waals surface area contributed by atoms with Gasteiger partial charge in [0.2, 0.25) is 0 Å². The third-order valence-corrected chi connectivity index (χ3v) is 3.29. The second-order valence-corrected chi connectivity index (χ2v) is 4.84. The van der Waals surface area contributed by atoms with Crippen LogP contribution >= 0.6 is 11.3 Å². The number of methoxy groups -OCH3 is 1. The van der Waals surface area contributed by atoms with Crippen LogP contribution in [0.1, 0.15) is 10.4 Å². The minimum atomic E-state index is -0.421. The van der Waals surface area contributed by atoms with Crippen molar-refractivity contribution in [1.29, 1.82) is 0 Å². The number of hydrogen-bond donors (Lipinski definition) is 1. The zero-order valence-corrected chi connectivity index (χ0v) is 11.1. The number of nitrogens with one attached hydrogen (secondary N) is 1. The van der Waals surface area contributed by atoms with Crippen molar-refractivity contribution in [2.24, 2.45) is 0 Å².